The van der Waals surface area contributed by atoms with E-state index < -0.39 is 12.1 Å². The van der Waals surface area contributed by atoms with Crippen LogP contribution in [0.25, 0.3) is 11.3 Å². The van der Waals surface area contributed by atoms with Crippen LogP contribution in [-0.2, 0) is 0 Å². The summed E-state index contributed by atoms with van der Waals surface area (Å²) >= 11 is 0. The number of hydrogen-bond donors (Lipinski definition) is 2. The Morgan fingerprint density at radius 1 is 1.32 bits per heavy atom. The van der Waals surface area contributed by atoms with Crippen molar-refractivity contribution in [1.82, 2.24) is 5.06 Å². The quantitative estimate of drug-likeness (QED) is 0.660. The van der Waals surface area contributed by atoms with Gasteiger partial charge >= 0.3 is 6.03 Å². The van der Waals surface area contributed by atoms with Crippen LogP contribution in [0, 0.1) is 5.82 Å². The van der Waals surface area contributed by atoms with Gasteiger partial charge in [0.25, 0.3) is 0 Å². The molecule has 0 spiro atoms. The van der Waals surface area contributed by atoms with E-state index in [1.54, 1.807) is 31.2 Å². The zero-order valence-corrected chi connectivity index (χ0v) is 10.2. The van der Waals surface area contributed by atoms with Crippen LogP contribution in [0.5, 0.6) is 0 Å². The summed E-state index contributed by atoms with van der Waals surface area (Å²) in [5.41, 5.74) is 5.66. The molecule has 19 heavy (non-hydrogen) atoms. The second-order valence-electron chi connectivity index (χ2n) is 4.07. The van der Waals surface area contributed by atoms with Crippen molar-refractivity contribution in [1.29, 1.82) is 0 Å². The molecule has 1 heterocycles. The number of nitrogens with two attached hydrogens (primary N) is 1. The van der Waals surface area contributed by atoms with Gasteiger partial charge in [0.2, 0.25) is 0 Å². The van der Waals surface area contributed by atoms with E-state index >= 15 is 0 Å². The van der Waals surface area contributed by atoms with Crippen molar-refractivity contribution in [3.05, 3.63) is 48.0 Å². The summed E-state index contributed by atoms with van der Waals surface area (Å²) in [6.45, 7) is 1.57. The first-order valence-electron chi connectivity index (χ1n) is 5.62. The summed E-state index contributed by atoms with van der Waals surface area (Å²) in [4.78, 5) is 10.8. The van der Waals surface area contributed by atoms with Gasteiger partial charge in [-0.2, -0.15) is 5.06 Å². The molecule has 0 saturated carbocycles. The van der Waals surface area contributed by atoms with Gasteiger partial charge in [0.05, 0.1) is 0 Å². The monoisotopic (exact) mass is 264 g/mol. The Kier molecular flexibility index (Phi) is 3.52. The molecular formula is C13H13FN2O3. The van der Waals surface area contributed by atoms with Gasteiger partial charge in [-0.1, -0.05) is 0 Å². The van der Waals surface area contributed by atoms with Crippen molar-refractivity contribution in [2.45, 2.75) is 13.0 Å². The maximum absolute atomic E-state index is 12.8. The molecule has 0 saturated heterocycles. The molecule has 5 nitrogen and oxygen atoms in total. The first-order valence-corrected chi connectivity index (χ1v) is 5.62. The van der Waals surface area contributed by atoms with Crippen LogP contribution in [0.4, 0.5) is 9.18 Å². The molecular weight excluding hydrogens is 251 g/mol. The molecule has 2 amide bonds. The normalized spacial score (nSPS) is 12.2. The lowest BCUT2D eigenvalue weighted by Crippen LogP contribution is -2.34. The number of hydrogen-bond acceptors (Lipinski definition) is 3. The van der Waals surface area contributed by atoms with Gasteiger partial charge in [-0.05, 0) is 43.3 Å². The van der Waals surface area contributed by atoms with Gasteiger partial charge in [0.15, 0.2) is 0 Å². The van der Waals surface area contributed by atoms with Gasteiger partial charge in [-0.3, -0.25) is 5.21 Å². The second-order valence-corrected chi connectivity index (χ2v) is 4.07. The molecule has 0 aliphatic carbocycles. The summed E-state index contributed by atoms with van der Waals surface area (Å²) in [6, 6.07) is 7.43. The number of nitrogens with zero attached hydrogens (tertiary/aromatic N) is 1. The van der Waals surface area contributed by atoms with Gasteiger partial charge in [-0.25, -0.2) is 9.18 Å². The fraction of sp³-hybridized carbons (Fsp3) is 0.154. The molecule has 0 aliphatic heterocycles. The van der Waals surface area contributed by atoms with E-state index in [2.05, 4.69) is 0 Å². The van der Waals surface area contributed by atoms with Crippen LogP contribution < -0.4 is 5.73 Å². The molecule has 0 fully saturated rings. The number of benzene rings is 1. The lowest BCUT2D eigenvalue weighted by Gasteiger charge is -2.18. The SMILES string of the molecule is CC(c1ccc(-c2ccc(F)cc2)o1)N(O)C(N)=O. The number of carbonyl (C=O) groups excluding carboxylic acids is 1. The molecule has 100 valence electrons. The van der Waals surface area contributed by atoms with E-state index in [4.69, 9.17) is 10.2 Å². The zero-order chi connectivity index (χ0) is 14.0. The third-order valence-corrected chi connectivity index (χ3v) is 2.76. The molecule has 0 radical (unpaired) electrons. The second kappa shape index (κ2) is 5.11. The average Bonchev–Trinajstić information content (AvgIpc) is 2.87. The Bertz CT molecular complexity index is 580. The first kappa shape index (κ1) is 13.1. The largest absolute Gasteiger partial charge is 0.459 e. The number of halogens is 1. The molecule has 1 atom stereocenters. The van der Waals surface area contributed by atoms with Crippen molar-refractivity contribution in [2.24, 2.45) is 5.73 Å². The van der Waals surface area contributed by atoms with Crippen LogP contribution in [0.15, 0.2) is 40.8 Å². The third-order valence-electron chi connectivity index (χ3n) is 2.76. The van der Waals surface area contributed by atoms with Crippen molar-refractivity contribution >= 4 is 6.03 Å². The lowest BCUT2D eigenvalue weighted by atomic mass is 10.2. The molecule has 1 unspecified atom stereocenters. The van der Waals surface area contributed by atoms with Crippen LogP contribution >= 0.6 is 0 Å². The number of urea groups is 1. The van der Waals surface area contributed by atoms with E-state index in [-0.39, 0.29) is 5.82 Å². The highest BCUT2D eigenvalue weighted by atomic mass is 19.1. The summed E-state index contributed by atoms with van der Waals surface area (Å²) in [6.07, 6.45) is 0. The fourth-order valence-electron chi connectivity index (χ4n) is 1.66. The predicted octanol–water partition coefficient (Wildman–Crippen LogP) is 2.92. The Balaban J connectivity index is 2.24. The van der Waals surface area contributed by atoms with Crippen molar-refractivity contribution in [3.63, 3.8) is 0 Å². The number of hydroxylamine groups is 2. The Morgan fingerprint density at radius 3 is 2.53 bits per heavy atom. The van der Waals surface area contributed by atoms with E-state index in [1.165, 1.54) is 12.1 Å². The molecule has 0 aliphatic rings. The fourth-order valence-corrected chi connectivity index (χ4v) is 1.66. The van der Waals surface area contributed by atoms with E-state index in [0.717, 1.165) is 0 Å². The maximum atomic E-state index is 12.8. The zero-order valence-electron chi connectivity index (χ0n) is 10.2. The minimum atomic E-state index is -0.966. The van der Waals surface area contributed by atoms with E-state index in [9.17, 15) is 14.4 Å². The third kappa shape index (κ3) is 2.74. The number of amides is 2. The van der Waals surface area contributed by atoms with Gasteiger partial charge < -0.3 is 10.2 Å². The minimum Gasteiger partial charge on any atom is -0.459 e. The van der Waals surface area contributed by atoms with Gasteiger partial charge in [0, 0.05) is 5.56 Å². The topological polar surface area (TPSA) is 79.7 Å². The average molecular weight is 264 g/mol. The highest BCUT2D eigenvalue weighted by Crippen LogP contribution is 2.27. The molecule has 2 aromatic rings. The van der Waals surface area contributed by atoms with Crippen LogP contribution in [0.1, 0.15) is 18.7 Å². The molecule has 1 aromatic heterocycles. The molecule has 2 rings (SSSR count). The van der Waals surface area contributed by atoms with Crippen molar-refractivity contribution in [3.8, 4) is 11.3 Å². The number of rotatable bonds is 3. The summed E-state index contributed by atoms with van der Waals surface area (Å²) in [5, 5.41) is 9.80. The van der Waals surface area contributed by atoms with Gasteiger partial charge in [0.1, 0.15) is 23.4 Å². The maximum Gasteiger partial charge on any atom is 0.339 e. The van der Waals surface area contributed by atoms with Crippen LogP contribution in [0.3, 0.4) is 0 Å². The Hall–Kier alpha value is -2.34. The molecule has 3 N–H and O–H groups in total. The highest BCUT2D eigenvalue weighted by Gasteiger charge is 2.20. The number of primary amides is 1. The number of carbonyl (C=O) groups is 1. The smallest absolute Gasteiger partial charge is 0.339 e. The summed E-state index contributed by atoms with van der Waals surface area (Å²) < 4.78 is 18.3. The summed E-state index contributed by atoms with van der Waals surface area (Å²) in [7, 11) is 0. The van der Waals surface area contributed by atoms with E-state index in [0.29, 0.717) is 22.1 Å². The number of furan rings is 1. The highest BCUT2D eigenvalue weighted by molar-refractivity contribution is 5.71. The standard InChI is InChI=1S/C13H13FN2O3/c1-8(16(18)13(15)17)11-6-7-12(19-11)9-2-4-10(14)5-3-9/h2-8,18H,1H3,(H2,15,17). The van der Waals surface area contributed by atoms with Crippen molar-refractivity contribution in [2.75, 3.05) is 0 Å². The van der Waals surface area contributed by atoms with Gasteiger partial charge in [-0.15, -0.1) is 0 Å². The van der Waals surface area contributed by atoms with Crippen LogP contribution in [0.2, 0.25) is 0 Å². The minimum absolute atomic E-state index is 0.334. The Labute approximate surface area is 109 Å². The molecule has 6 heteroatoms. The van der Waals surface area contributed by atoms with E-state index in [1.807, 2.05) is 0 Å². The molecule has 1 aromatic carbocycles. The summed E-state index contributed by atoms with van der Waals surface area (Å²) in [5.74, 6) is 0.555. The van der Waals surface area contributed by atoms with Crippen LogP contribution in [-0.4, -0.2) is 16.3 Å². The Morgan fingerprint density at radius 2 is 1.95 bits per heavy atom. The first-order chi connectivity index (χ1) is 8.99. The lowest BCUT2D eigenvalue weighted by molar-refractivity contribution is -0.0760. The van der Waals surface area contributed by atoms with Crippen molar-refractivity contribution < 1.29 is 18.8 Å². The predicted molar refractivity (Wildman–Crippen MR) is 65.7 cm³/mol. The molecule has 0 bridgehead atoms.